The van der Waals surface area contributed by atoms with Crippen LogP contribution in [0.3, 0.4) is 0 Å². The number of aromatic nitrogens is 3. The zero-order valence-corrected chi connectivity index (χ0v) is 11.8. The van der Waals surface area contributed by atoms with Crippen LogP contribution in [0.2, 0.25) is 0 Å². The van der Waals surface area contributed by atoms with Gasteiger partial charge in [0.25, 0.3) is 5.69 Å². The largest absolute Gasteiger partial charge is 0.356 e. The van der Waals surface area contributed by atoms with Crippen LogP contribution in [-0.4, -0.2) is 32.8 Å². The lowest BCUT2D eigenvalue weighted by Crippen LogP contribution is -2.35. The molecule has 3 rings (SSSR count). The number of pyridine rings is 1. The molecule has 1 fully saturated rings. The van der Waals surface area contributed by atoms with E-state index in [0.29, 0.717) is 6.04 Å². The number of hydrogen-bond donors (Lipinski definition) is 0. The summed E-state index contributed by atoms with van der Waals surface area (Å²) in [4.78, 5) is 16.6. The minimum atomic E-state index is -0.428. The van der Waals surface area contributed by atoms with Gasteiger partial charge in [0.1, 0.15) is 12.0 Å². The first-order valence-corrected chi connectivity index (χ1v) is 6.99. The van der Waals surface area contributed by atoms with E-state index in [0.717, 1.165) is 31.7 Å². The molecular formula is C14H17N5O2. The molecule has 0 aromatic carbocycles. The van der Waals surface area contributed by atoms with Crippen LogP contribution < -0.4 is 4.90 Å². The molecule has 0 saturated carbocycles. The molecule has 21 heavy (non-hydrogen) atoms. The quantitative estimate of drug-likeness (QED) is 0.639. The Bertz CT molecular complexity index is 629. The summed E-state index contributed by atoms with van der Waals surface area (Å²) in [5, 5.41) is 15.0. The Balaban J connectivity index is 1.64. The Hall–Kier alpha value is -2.44. The number of anilines is 1. The summed E-state index contributed by atoms with van der Waals surface area (Å²) >= 11 is 0. The van der Waals surface area contributed by atoms with Gasteiger partial charge < -0.3 is 4.90 Å². The smallest absolute Gasteiger partial charge is 0.287 e. The average molecular weight is 287 g/mol. The first kappa shape index (κ1) is 13.5. The molecule has 7 nitrogen and oxygen atoms in total. The van der Waals surface area contributed by atoms with Gasteiger partial charge in [0.05, 0.1) is 17.2 Å². The van der Waals surface area contributed by atoms with Crippen LogP contribution in [0.4, 0.5) is 11.5 Å². The van der Waals surface area contributed by atoms with Crippen LogP contribution in [-0.2, 0) is 0 Å². The molecule has 0 radical (unpaired) electrons. The van der Waals surface area contributed by atoms with Gasteiger partial charge in [0.15, 0.2) is 0 Å². The number of nitro groups is 1. The normalized spacial score (nSPS) is 16.1. The zero-order valence-electron chi connectivity index (χ0n) is 11.8. The third-order valence-corrected chi connectivity index (χ3v) is 3.84. The maximum Gasteiger partial charge on any atom is 0.287 e. The van der Waals surface area contributed by atoms with Gasteiger partial charge in [-0.15, -0.1) is 0 Å². The number of piperidine rings is 1. The topological polar surface area (TPSA) is 77.1 Å². The summed E-state index contributed by atoms with van der Waals surface area (Å²) in [6.07, 6.45) is 7.27. The summed E-state index contributed by atoms with van der Waals surface area (Å²) < 4.78 is 2.04. The highest BCUT2D eigenvalue weighted by Crippen LogP contribution is 2.25. The van der Waals surface area contributed by atoms with E-state index in [-0.39, 0.29) is 5.69 Å². The fraction of sp³-hybridized carbons (Fsp3) is 0.429. The molecule has 0 bridgehead atoms. The van der Waals surface area contributed by atoms with E-state index >= 15 is 0 Å². The molecular weight excluding hydrogens is 270 g/mol. The molecule has 0 spiro atoms. The zero-order chi connectivity index (χ0) is 14.8. The van der Waals surface area contributed by atoms with E-state index in [1.54, 1.807) is 6.07 Å². The third kappa shape index (κ3) is 2.86. The van der Waals surface area contributed by atoms with Crippen molar-refractivity contribution < 1.29 is 4.92 Å². The minimum absolute atomic E-state index is 0.0284. The van der Waals surface area contributed by atoms with Crippen molar-refractivity contribution in [1.29, 1.82) is 0 Å². The first-order chi connectivity index (χ1) is 10.1. The van der Waals surface area contributed by atoms with Crippen molar-refractivity contribution in [3.63, 3.8) is 0 Å². The summed E-state index contributed by atoms with van der Waals surface area (Å²) in [6.45, 7) is 3.81. The maximum atomic E-state index is 10.6. The molecule has 0 N–H and O–H groups in total. The monoisotopic (exact) mass is 287 g/mol. The molecule has 1 saturated heterocycles. The average Bonchev–Trinajstić information content (AvgIpc) is 2.94. The standard InChI is InChI=1S/C14H17N5O2/c1-11-8-16-18(10-11)12-4-6-17(7-5-12)14-3-2-13(9-15-14)19(20)21/h2-3,8-10,12H,4-7H2,1H3. The van der Waals surface area contributed by atoms with Gasteiger partial charge in [-0.2, -0.15) is 5.10 Å². The van der Waals surface area contributed by atoms with Crippen LogP contribution in [0.15, 0.2) is 30.7 Å². The van der Waals surface area contributed by atoms with Gasteiger partial charge in [0.2, 0.25) is 0 Å². The van der Waals surface area contributed by atoms with Gasteiger partial charge in [-0.25, -0.2) is 4.98 Å². The Labute approximate surface area is 122 Å². The summed E-state index contributed by atoms with van der Waals surface area (Å²) in [7, 11) is 0. The van der Waals surface area contributed by atoms with Crippen LogP contribution in [0, 0.1) is 17.0 Å². The van der Waals surface area contributed by atoms with Crippen molar-refractivity contribution in [2.45, 2.75) is 25.8 Å². The van der Waals surface area contributed by atoms with Crippen molar-refractivity contribution in [2.75, 3.05) is 18.0 Å². The SMILES string of the molecule is Cc1cnn(C2CCN(c3ccc([N+](=O)[O-])cn3)CC2)c1. The molecule has 0 amide bonds. The Morgan fingerprint density at radius 2 is 2.05 bits per heavy atom. The number of aryl methyl sites for hydroxylation is 1. The van der Waals surface area contributed by atoms with E-state index in [4.69, 9.17) is 0 Å². The highest BCUT2D eigenvalue weighted by molar-refractivity contribution is 5.43. The fourth-order valence-electron chi connectivity index (χ4n) is 2.67. The molecule has 0 atom stereocenters. The Kier molecular flexibility index (Phi) is 3.55. The highest BCUT2D eigenvalue weighted by atomic mass is 16.6. The van der Waals surface area contributed by atoms with Gasteiger partial charge in [-0.05, 0) is 31.4 Å². The van der Waals surface area contributed by atoms with Crippen LogP contribution in [0.5, 0.6) is 0 Å². The number of hydrogen-bond acceptors (Lipinski definition) is 5. The van der Waals surface area contributed by atoms with E-state index in [1.165, 1.54) is 17.8 Å². The molecule has 110 valence electrons. The van der Waals surface area contributed by atoms with Crippen molar-refractivity contribution in [3.05, 3.63) is 46.4 Å². The second-order valence-corrected chi connectivity index (χ2v) is 5.35. The molecule has 1 aliphatic rings. The lowest BCUT2D eigenvalue weighted by molar-refractivity contribution is -0.385. The Morgan fingerprint density at radius 1 is 1.29 bits per heavy atom. The van der Waals surface area contributed by atoms with Gasteiger partial charge >= 0.3 is 0 Å². The molecule has 1 aliphatic heterocycles. The van der Waals surface area contributed by atoms with Gasteiger partial charge in [-0.1, -0.05) is 0 Å². The van der Waals surface area contributed by atoms with E-state index in [9.17, 15) is 10.1 Å². The van der Waals surface area contributed by atoms with Gasteiger partial charge in [0, 0.05) is 25.4 Å². The molecule has 2 aromatic heterocycles. The van der Waals surface area contributed by atoms with Crippen molar-refractivity contribution >= 4 is 11.5 Å². The van der Waals surface area contributed by atoms with E-state index in [2.05, 4.69) is 21.2 Å². The predicted molar refractivity (Wildman–Crippen MR) is 78.3 cm³/mol. The second-order valence-electron chi connectivity index (χ2n) is 5.35. The highest BCUT2D eigenvalue weighted by Gasteiger charge is 2.22. The second kappa shape index (κ2) is 5.51. The lowest BCUT2D eigenvalue weighted by atomic mass is 10.1. The van der Waals surface area contributed by atoms with E-state index < -0.39 is 4.92 Å². The van der Waals surface area contributed by atoms with Crippen LogP contribution in [0.25, 0.3) is 0 Å². The molecule has 0 unspecified atom stereocenters. The van der Waals surface area contributed by atoms with Crippen molar-refractivity contribution in [1.82, 2.24) is 14.8 Å². The first-order valence-electron chi connectivity index (χ1n) is 6.99. The third-order valence-electron chi connectivity index (χ3n) is 3.84. The molecule has 3 heterocycles. The van der Waals surface area contributed by atoms with E-state index in [1.807, 2.05) is 17.8 Å². The van der Waals surface area contributed by atoms with Crippen molar-refractivity contribution in [2.24, 2.45) is 0 Å². The lowest BCUT2D eigenvalue weighted by Gasteiger charge is -2.32. The van der Waals surface area contributed by atoms with Gasteiger partial charge in [-0.3, -0.25) is 14.8 Å². The Morgan fingerprint density at radius 3 is 2.57 bits per heavy atom. The number of rotatable bonds is 3. The van der Waals surface area contributed by atoms with Crippen LogP contribution in [0.1, 0.15) is 24.4 Å². The summed E-state index contributed by atoms with van der Waals surface area (Å²) in [5.41, 5.74) is 1.20. The maximum absolute atomic E-state index is 10.6. The minimum Gasteiger partial charge on any atom is -0.356 e. The van der Waals surface area contributed by atoms with Crippen molar-refractivity contribution in [3.8, 4) is 0 Å². The fourth-order valence-corrected chi connectivity index (χ4v) is 2.67. The summed E-state index contributed by atoms with van der Waals surface area (Å²) in [5.74, 6) is 0.802. The predicted octanol–water partition coefficient (Wildman–Crippen LogP) is 2.34. The molecule has 7 heteroatoms. The number of nitrogens with zero attached hydrogens (tertiary/aromatic N) is 5. The molecule has 2 aromatic rings. The summed E-state index contributed by atoms with van der Waals surface area (Å²) in [6, 6.07) is 3.65. The molecule has 0 aliphatic carbocycles. The van der Waals surface area contributed by atoms with Crippen LogP contribution >= 0.6 is 0 Å².